The van der Waals surface area contributed by atoms with E-state index in [1.165, 1.54) is 0 Å². The van der Waals surface area contributed by atoms with Gasteiger partial charge in [0, 0.05) is 679 Å². The summed E-state index contributed by atoms with van der Waals surface area (Å²) in [5.41, 5.74) is 0. The van der Waals surface area contributed by atoms with Crippen LogP contribution in [0.3, 0.4) is 0 Å². The van der Waals surface area contributed by atoms with Gasteiger partial charge in [-0.25, -0.2) is 0 Å². The van der Waals surface area contributed by atoms with Gasteiger partial charge in [0.15, 0.2) is 0 Å². The smallest absolute Gasteiger partial charge is 0 e. The molecule has 0 aliphatic rings. The monoisotopic (exact) mass is 3940 g/mol. The van der Waals surface area contributed by atoms with Crippen molar-refractivity contribution in [1.29, 1.82) is 0 Å². The summed E-state index contributed by atoms with van der Waals surface area (Å²) in [6.45, 7) is 0. The topological polar surface area (TPSA) is 0 Å². The molecule has 0 aliphatic heterocycles. The van der Waals surface area contributed by atoms with Crippen molar-refractivity contribution in [2.45, 2.75) is 0 Å². The van der Waals surface area contributed by atoms with E-state index < -0.39 is 0 Å². The van der Waals surface area contributed by atoms with Gasteiger partial charge in [-0.3, -0.25) is 0 Å². The molecule has 0 N–H and O–H groups in total. The summed E-state index contributed by atoms with van der Waals surface area (Å²) in [4.78, 5) is 0. The van der Waals surface area contributed by atoms with E-state index >= 15 is 0 Å². The predicted octanol–water partition coefficient (Wildman–Crippen LogP) is 0. The van der Waals surface area contributed by atoms with Crippen LogP contribution in [0, 0.1) is 679 Å². The molecule has 0 aliphatic carbocycles. The van der Waals surface area contributed by atoms with Crippen LogP contribution < -0.4 is 0 Å². The van der Waals surface area contributed by atoms with Crippen LogP contribution in [0.5, 0.6) is 0 Å². The Morgan fingerprint density at radius 3 is 0.0588 bits per heavy atom. The Morgan fingerprint density at radius 1 is 0.0588 bits per heavy atom. The Balaban J connectivity index is 0. The van der Waals surface area contributed by atoms with Gasteiger partial charge in [-0.1, -0.05) is 0 Å². The molecular formula is Th17. The van der Waals surface area contributed by atoms with E-state index in [1.54, 1.807) is 0 Å². The summed E-state index contributed by atoms with van der Waals surface area (Å²) in [6.07, 6.45) is 0. The third kappa shape index (κ3) is 101. The molecule has 17 heavy (non-hydrogen) atoms. The van der Waals surface area contributed by atoms with Crippen molar-refractivity contribution in [3.05, 3.63) is 0 Å². The molecule has 0 saturated heterocycles. The zero-order valence-corrected chi connectivity index (χ0v) is 78.4. The molecule has 0 aromatic heterocycles. The molecule has 0 fully saturated rings. The van der Waals surface area contributed by atoms with Crippen LogP contribution in [-0.2, 0) is 0 Å². The molecular weight excluding hydrogens is 3940 g/mol. The third-order valence-corrected chi connectivity index (χ3v) is 0. The van der Waals surface area contributed by atoms with E-state index in [2.05, 4.69) is 0 Å². The fraction of sp³-hybridized carbons (Fsp3) is 0. The Hall–Kier alpha value is 22.5. The summed E-state index contributed by atoms with van der Waals surface area (Å²) in [5, 5.41) is 0. The first kappa shape index (κ1) is 116. The molecule has 0 aromatic rings. The van der Waals surface area contributed by atoms with Crippen LogP contribution >= 0.6 is 0 Å². The van der Waals surface area contributed by atoms with E-state index in [9.17, 15) is 0 Å². The molecule has 0 rings (SSSR count). The molecule has 0 heterocycles. The van der Waals surface area contributed by atoms with Crippen LogP contribution in [0.1, 0.15) is 0 Å². The molecule has 0 bridgehead atoms. The standard InChI is InChI=1S/17Th. The van der Waals surface area contributed by atoms with Gasteiger partial charge in [0.2, 0.25) is 0 Å². The minimum atomic E-state index is 0. The second kappa shape index (κ2) is 107. The molecule has 0 nitrogen and oxygen atoms in total. The van der Waals surface area contributed by atoms with Gasteiger partial charge in [0.1, 0.15) is 0 Å². The van der Waals surface area contributed by atoms with Gasteiger partial charge < -0.3 is 0 Å². The summed E-state index contributed by atoms with van der Waals surface area (Å²) in [7, 11) is 0. The van der Waals surface area contributed by atoms with Crippen LogP contribution in [0.2, 0.25) is 0 Å². The predicted molar refractivity (Wildman–Crippen MR) is 0 cm³/mol. The molecule has 0 spiro atoms. The minimum absolute atomic E-state index is 0. The van der Waals surface area contributed by atoms with Crippen molar-refractivity contribution in [1.82, 2.24) is 0 Å². The van der Waals surface area contributed by atoms with Crippen molar-refractivity contribution in [3.8, 4) is 0 Å². The normalized spacial score (nSPS) is 0. The zero-order chi connectivity index (χ0) is 0. The Kier molecular flexibility index (Phi) is 727. The Bertz CT molecular complexity index is 0. The van der Waals surface area contributed by atoms with E-state index in [0.29, 0.717) is 0 Å². The van der Waals surface area contributed by atoms with Gasteiger partial charge in [-0.05, 0) is 0 Å². The van der Waals surface area contributed by atoms with Gasteiger partial charge in [-0.15, -0.1) is 0 Å². The molecule has 68 valence electrons. The van der Waals surface area contributed by atoms with E-state index in [-0.39, 0.29) is 679 Å². The number of hydrogen-bond donors (Lipinski definition) is 0. The maximum atomic E-state index is 0. The largest absolute Gasteiger partial charge is 0 e. The maximum absolute atomic E-state index is 0. The van der Waals surface area contributed by atoms with Crippen LogP contribution in [0.4, 0.5) is 0 Å². The van der Waals surface area contributed by atoms with Gasteiger partial charge in [0.05, 0.1) is 0 Å². The van der Waals surface area contributed by atoms with Gasteiger partial charge in [-0.2, -0.15) is 0 Å². The van der Waals surface area contributed by atoms with Crippen molar-refractivity contribution >= 4 is 0 Å². The van der Waals surface area contributed by atoms with E-state index in [1.807, 2.05) is 0 Å². The molecule has 0 amide bonds. The Morgan fingerprint density at radius 2 is 0.0588 bits per heavy atom. The fourth-order valence-corrected chi connectivity index (χ4v) is 0. The summed E-state index contributed by atoms with van der Waals surface area (Å²) in [6, 6.07) is 0. The van der Waals surface area contributed by atoms with E-state index in [0.717, 1.165) is 0 Å². The first-order valence-corrected chi connectivity index (χ1v) is 0. The van der Waals surface area contributed by atoms with Crippen molar-refractivity contribution in [2.75, 3.05) is 0 Å². The summed E-state index contributed by atoms with van der Waals surface area (Å²) >= 11 is 0. The molecule has 0 saturated carbocycles. The van der Waals surface area contributed by atoms with Crippen molar-refractivity contribution < 1.29 is 679 Å². The molecule has 0 radical (unpaired) electrons. The zero-order valence-electron chi connectivity index (χ0n) is 8.50. The van der Waals surface area contributed by atoms with Crippen molar-refractivity contribution in [2.24, 2.45) is 0 Å². The average Bonchev–Trinajstić information content (AvgIpc) is 0. The first-order valence-electron chi connectivity index (χ1n) is 0. The third-order valence-electron chi connectivity index (χ3n) is 0. The maximum Gasteiger partial charge on any atom is 0 e. The Labute approximate surface area is 651 Å². The minimum Gasteiger partial charge on any atom is 0 e. The summed E-state index contributed by atoms with van der Waals surface area (Å²) in [5.74, 6) is 0. The van der Waals surface area contributed by atoms with Gasteiger partial charge in [0.25, 0.3) is 0 Å². The molecule has 0 aromatic carbocycles. The summed E-state index contributed by atoms with van der Waals surface area (Å²) < 4.78 is 0. The van der Waals surface area contributed by atoms with E-state index in [4.69, 9.17) is 0 Å². The quantitative estimate of drug-likeness (QED) is 0.321. The van der Waals surface area contributed by atoms with Crippen molar-refractivity contribution in [3.63, 3.8) is 0 Å². The molecule has 17 heteroatoms. The van der Waals surface area contributed by atoms with Crippen LogP contribution in [0.25, 0.3) is 0 Å². The number of hydrogen-bond acceptors (Lipinski definition) is 0. The molecule has 0 atom stereocenters. The van der Waals surface area contributed by atoms with Crippen LogP contribution in [0.15, 0.2) is 0 Å². The second-order valence-electron chi connectivity index (χ2n) is 0. The van der Waals surface area contributed by atoms with Gasteiger partial charge >= 0.3 is 0 Å². The molecule has 0 unspecified atom stereocenters. The fourth-order valence-electron chi connectivity index (χ4n) is 0. The first-order chi connectivity index (χ1) is 0. The average molecular weight is 3940 g/mol. The SMILES string of the molecule is [Th].[Th].[Th].[Th].[Th].[Th].[Th].[Th].[Th].[Th].[Th].[Th].[Th].[Th].[Th].[Th].[Th]. The van der Waals surface area contributed by atoms with Crippen LogP contribution in [-0.4, -0.2) is 0 Å². The number of rotatable bonds is 0. The second-order valence-corrected chi connectivity index (χ2v) is 0.